The second kappa shape index (κ2) is 5.07. The topological polar surface area (TPSA) is 39.1 Å². The van der Waals surface area contributed by atoms with Gasteiger partial charge >= 0.3 is 0 Å². The number of rotatable bonds is 1. The van der Waals surface area contributed by atoms with E-state index in [-0.39, 0.29) is 0 Å². The molecule has 1 saturated heterocycles. The predicted octanol–water partition coefficient (Wildman–Crippen LogP) is 2.51. The molecule has 2 rings (SSSR count). The Morgan fingerprint density at radius 3 is 2.88 bits per heavy atom. The highest BCUT2D eigenvalue weighted by Gasteiger charge is 2.22. The third kappa shape index (κ3) is 2.62. The van der Waals surface area contributed by atoms with Crippen LogP contribution in [0.4, 0.5) is 5.69 Å². The molecule has 1 aromatic rings. The molecule has 1 heterocycles. The average Bonchev–Trinajstić information content (AvgIpc) is 2.32. The highest BCUT2D eigenvalue weighted by atomic mass is 79.9. The minimum atomic E-state index is 0.478. The number of hydrogen-bond donors (Lipinski definition) is 1. The molecule has 1 aromatic carbocycles. The number of hydrogen-bond acceptors (Lipinski definition) is 3. The number of halogens is 1. The first kappa shape index (κ1) is 12.4. The molecule has 0 saturated carbocycles. The van der Waals surface area contributed by atoms with Crippen LogP contribution in [0, 0.1) is 11.3 Å². The van der Waals surface area contributed by atoms with E-state index in [9.17, 15) is 0 Å². The van der Waals surface area contributed by atoms with Gasteiger partial charge in [-0.25, -0.2) is 0 Å². The maximum absolute atomic E-state index is 8.91. The van der Waals surface area contributed by atoms with Gasteiger partial charge in [-0.15, -0.1) is 0 Å². The number of anilines is 1. The van der Waals surface area contributed by atoms with Gasteiger partial charge < -0.3 is 10.2 Å². The molecule has 4 heteroatoms. The molecule has 0 radical (unpaired) electrons. The number of nitriles is 1. The van der Waals surface area contributed by atoms with E-state index < -0.39 is 0 Å². The van der Waals surface area contributed by atoms with Gasteiger partial charge in [0.15, 0.2) is 0 Å². The monoisotopic (exact) mass is 293 g/mol. The molecule has 2 atom stereocenters. The van der Waals surface area contributed by atoms with Gasteiger partial charge in [0.05, 0.1) is 5.56 Å². The summed E-state index contributed by atoms with van der Waals surface area (Å²) < 4.78 is 0.871. The molecule has 1 aliphatic heterocycles. The molecule has 17 heavy (non-hydrogen) atoms. The molecule has 1 N–H and O–H groups in total. The zero-order chi connectivity index (χ0) is 12.4. The van der Waals surface area contributed by atoms with Crippen LogP contribution in [0.1, 0.15) is 19.4 Å². The van der Waals surface area contributed by atoms with Crippen LogP contribution < -0.4 is 10.2 Å². The van der Waals surface area contributed by atoms with Crippen LogP contribution in [-0.2, 0) is 0 Å². The van der Waals surface area contributed by atoms with Crippen LogP contribution in [0.15, 0.2) is 22.7 Å². The lowest BCUT2D eigenvalue weighted by Crippen LogP contribution is -2.54. The quantitative estimate of drug-likeness (QED) is 0.865. The summed E-state index contributed by atoms with van der Waals surface area (Å²) >= 11 is 3.44. The Bertz CT molecular complexity index is 452. The Hall–Kier alpha value is -1.05. The van der Waals surface area contributed by atoms with Gasteiger partial charge in [-0.2, -0.15) is 5.26 Å². The van der Waals surface area contributed by atoms with E-state index in [2.05, 4.69) is 46.1 Å². The van der Waals surface area contributed by atoms with E-state index in [1.54, 1.807) is 0 Å². The molecular weight excluding hydrogens is 278 g/mol. The van der Waals surface area contributed by atoms with Gasteiger partial charge in [0.2, 0.25) is 0 Å². The van der Waals surface area contributed by atoms with Gasteiger partial charge in [-0.05, 0) is 48.0 Å². The molecule has 0 aromatic heterocycles. The molecule has 1 fully saturated rings. The van der Waals surface area contributed by atoms with Crippen molar-refractivity contribution in [1.82, 2.24) is 5.32 Å². The summed E-state index contributed by atoms with van der Waals surface area (Å²) in [5.74, 6) is 0. The second-order valence-corrected chi connectivity index (χ2v) is 5.44. The molecule has 0 amide bonds. The SMILES string of the molecule is C[C@@H]1CN[C@@H](C)CN1c1ccc(C#N)c(Br)c1. The average molecular weight is 294 g/mol. The summed E-state index contributed by atoms with van der Waals surface area (Å²) in [7, 11) is 0. The fourth-order valence-electron chi connectivity index (χ4n) is 2.15. The lowest BCUT2D eigenvalue weighted by Gasteiger charge is -2.39. The predicted molar refractivity (Wildman–Crippen MR) is 73.1 cm³/mol. The zero-order valence-corrected chi connectivity index (χ0v) is 11.7. The van der Waals surface area contributed by atoms with Crippen LogP contribution in [0.25, 0.3) is 0 Å². The van der Waals surface area contributed by atoms with Gasteiger partial charge in [0.25, 0.3) is 0 Å². The summed E-state index contributed by atoms with van der Waals surface area (Å²) in [5, 5.41) is 12.4. The van der Waals surface area contributed by atoms with Gasteiger partial charge in [-0.1, -0.05) is 0 Å². The summed E-state index contributed by atoms with van der Waals surface area (Å²) in [4.78, 5) is 2.38. The zero-order valence-electron chi connectivity index (χ0n) is 10.1. The lowest BCUT2D eigenvalue weighted by molar-refractivity contribution is 0.425. The van der Waals surface area contributed by atoms with Crippen molar-refractivity contribution in [3.63, 3.8) is 0 Å². The van der Waals surface area contributed by atoms with Crippen molar-refractivity contribution in [3.8, 4) is 6.07 Å². The Labute approximate surface area is 111 Å². The summed E-state index contributed by atoms with van der Waals surface area (Å²) in [6.07, 6.45) is 0. The molecule has 90 valence electrons. The highest BCUT2D eigenvalue weighted by Crippen LogP contribution is 2.26. The van der Waals surface area contributed by atoms with Crippen molar-refractivity contribution in [1.29, 1.82) is 5.26 Å². The van der Waals surface area contributed by atoms with Crippen molar-refractivity contribution in [2.75, 3.05) is 18.0 Å². The van der Waals surface area contributed by atoms with Crippen molar-refractivity contribution >= 4 is 21.6 Å². The van der Waals surface area contributed by atoms with E-state index in [1.807, 2.05) is 18.2 Å². The minimum Gasteiger partial charge on any atom is -0.366 e. The fraction of sp³-hybridized carbons (Fsp3) is 0.462. The van der Waals surface area contributed by atoms with Crippen molar-refractivity contribution < 1.29 is 0 Å². The number of nitrogens with zero attached hydrogens (tertiary/aromatic N) is 2. The summed E-state index contributed by atoms with van der Waals surface area (Å²) in [5.41, 5.74) is 1.86. The minimum absolute atomic E-state index is 0.478. The molecule has 0 unspecified atom stereocenters. The lowest BCUT2D eigenvalue weighted by atomic mass is 10.1. The van der Waals surface area contributed by atoms with Gasteiger partial charge in [-0.3, -0.25) is 0 Å². The highest BCUT2D eigenvalue weighted by molar-refractivity contribution is 9.10. The molecule has 0 bridgehead atoms. The smallest absolute Gasteiger partial charge is 0.100 e. The fourth-order valence-corrected chi connectivity index (χ4v) is 2.61. The molecule has 3 nitrogen and oxygen atoms in total. The summed E-state index contributed by atoms with van der Waals surface area (Å²) in [6.45, 7) is 6.40. The van der Waals surface area contributed by atoms with Crippen molar-refractivity contribution in [2.45, 2.75) is 25.9 Å². The van der Waals surface area contributed by atoms with E-state index in [0.29, 0.717) is 17.6 Å². The summed E-state index contributed by atoms with van der Waals surface area (Å²) in [6, 6.07) is 9.08. The van der Waals surface area contributed by atoms with Crippen LogP contribution >= 0.6 is 15.9 Å². The normalized spacial score (nSPS) is 24.5. The van der Waals surface area contributed by atoms with E-state index in [4.69, 9.17) is 5.26 Å². The Balaban J connectivity index is 2.27. The maximum Gasteiger partial charge on any atom is 0.100 e. The van der Waals surface area contributed by atoms with Crippen LogP contribution in [0.5, 0.6) is 0 Å². The Kier molecular flexibility index (Phi) is 3.70. The standard InChI is InChI=1S/C13H16BrN3/c1-9-8-17(10(2)7-16-9)12-4-3-11(6-15)13(14)5-12/h3-5,9-10,16H,7-8H2,1-2H3/t9-,10+/m0/s1. The maximum atomic E-state index is 8.91. The van der Waals surface area contributed by atoms with Crippen LogP contribution in [-0.4, -0.2) is 25.2 Å². The van der Waals surface area contributed by atoms with E-state index in [0.717, 1.165) is 17.6 Å². The first-order valence-corrected chi connectivity index (χ1v) is 6.61. The number of benzene rings is 1. The van der Waals surface area contributed by atoms with E-state index >= 15 is 0 Å². The number of nitrogens with one attached hydrogen (secondary N) is 1. The van der Waals surface area contributed by atoms with Crippen LogP contribution in [0.3, 0.4) is 0 Å². The Morgan fingerprint density at radius 1 is 1.47 bits per heavy atom. The molecule has 1 aliphatic rings. The molecule has 0 spiro atoms. The third-order valence-corrected chi connectivity index (χ3v) is 3.83. The Morgan fingerprint density at radius 2 is 2.24 bits per heavy atom. The van der Waals surface area contributed by atoms with Gasteiger partial charge in [0, 0.05) is 35.3 Å². The second-order valence-electron chi connectivity index (χ2n) is 4.59. The molecular formula is C13H16BrN3. The largest absolute Gasteiger partial charge is 0.366 e. The first-order valence-electron chi connectivity index (χ1n) is 5.81. The van der Waals surface area contributed by atoms with Crippen molar-refractivity contribution in [3.05, 3.63) is 28.2 Å². The van der Waals surface area contributed by atoms with Gasteiger partial charge in [0.1, 0.15) is 6.07 Å². The number of piperazine rings is 1. The van der Waals surface area contributed by atoms with Crippen LogP contribution in [0.2, 0.25) is 0 Å². The van der Waals surface area contributed by atoms with E-state index in [1.165, 1.54) is 5.69 Å². The first-order chi connectivity index (χ1) is 8.11. The van der Waals surface area contributed by atoms with Crippen molar-refractivity contribution in [2.24, 2.45) is 0 Å². The third-order valence-electron chi connectivity index (χ3n) is 3.17. The molecule has 0 aliphatic carbocycles.